The Hall–Kier alpha value is -4.20. The predicted octanol–water partition coefficient (Wildman–Crippen LogP) is 3.62. The van der Waals surface area contributed by atoms with E-state index in [1.807, 2.05) is 44.2 Å². The lowest BCUT2D eigenvalue weighted by Crippen LogP contribution is -2.59. The fraction of sp³-hybridized carbons (Fsp3) is 0.583. The zero-order valence-corrected chi connectivity index (χ0v) is 31.0. The highest BCUT2D eigenvalue weighted by Crippen LogP contribution is 2.29. The van der Waals surface area contributed by atoms with E-state index in [-0.39, 0.29) is 25.3 Å². The highest BCUT2D eigenvalue weighted by molar-refractivity contribution is 7.90. The number of rotatable bonds is 11. The van der Waals surface area contributed by atoms with Gasteiger partial charge in [0, 0.05) is 18.2 Å². The Morgan fingerprint density at radius 3 is 2.14 bits per heavy atom. The zero-order valence-electron chi connectivity index (χ0n) is 30.2. The average Bonchev–Trinajstić information content (AvgIpc) is 3.78. The van der Waals surface area contributed by atoms with Gasteiger partial charge in [-0.25, -0.2) is 13.2 Å². The van der Waals surface area contributed by atoms with Gasteiger partial charge in [0.2, 0.25) is 21.8 Å². The van der Waals surface area contributed by atoms with Crippen LogP contribution in [0.4, 0.5) is 4.79 Å². The van der Waals surface area contributed by atoms with Crippen molar-refractivity contribution in [2.24, 2.45) is 11.3 Å². The van der Waals surface area contributed by atoms with E-state index in [4.69, 9.17) is 4.74 Å². The quantitative estimate of drug-likeness (QED) is 0.273. The van der Waals surface area contributed by atoms with Crippen molar-refractivity contribution >= 4 is 50.5 Å². The van der Waals surface area contributed by atoms with Crippen LogP contribution >= 0.6 is 0 Å². The topological polar surface area (TPSA) is 180 Å². The maximum absolute atomic E-state index is 14.3. The van der Waals surface area contributed by atoms with Crippen LogP contribution in [0.5, 0.6) is 0 Å². The number of ether oxygens (including phenoxy) is 1. The van der Waals surface area contributed by atoms with Gasteiger partial charge < -0.3 is 25.6 Å². The Morgan fingerprint density at radius 1 is 0.920 bits per heavy atom. The smallest absolute Gasteiger partial charge is 0.408 e. The Labute approximate surface area is 294 Å². The largest absolute Gasteiger partial charge is 0.444 e. The molecule has 0 aromatic heterocycles. The first-order valence-corrected chi connectivity index (χ1v) is 18.6. The third-order valence-electron chi connectivity index (χ3n) is 8.55. The fourth-order valence-electron chi connectivity index (χ4n) is 5.92. The number of carbonyl (C=O) groups excluding carboxylic acids is 5. The first-order chi connectivity index (χ1) is 23.1. The second kappa shape index (κ2) is 15.0. The molecule has 50 heavy (non-hydrogen) atoms. The molecule has 0 bridgehead atoms. The van der Waals surface area contributed by atoms with Gasteiger partial charge in [-0.3, -0.25) is 23.9 Å². The Bertz CT molecular complexity index is 1730. The second-order valence-corrected chi connectivity index (χ2v) is 17.8. The molecule has 274 valence electrons. The molecule has 4 N–H and O–H groups in total. The van der Waals surface area contributed by atoms with Crippen molar-refractivity contribution < 1.29 is 37.1 Å². The number of amides is 5. The molecule has 0 radical (unpaired) electrons. The van der Waals surface area contributed by atoms with Crippen LogP contribution in [0.3, 0.4) is 0 Å². The summed E-state index contributed by atoms with van der Waals surface area (Å²) in [6.45, 7) is 14.0. The summed E-state index contributed by atoms with van der Waals surface area (Å²) in [5.74, 6) is -2.60. The maximum atomic E-state index is 14.3. The molecule has 1 saturated heterocycles. The monoisotopic (exact) mass is 713 g/mol. The van der Waals surface area contributed by atoms with E-state index in [2.05, 4.69) is 20.7 Å². The summed E-state index contributed by atoms with van der Waals surface area (Å²) in [6, 6.07) is 8.77. The van der Waals surface area contributed by atoms with Crippen molar-refractivity contribution in [3.63, 3.8) is 0 Å². The van der Waals surface area contributed by atoms with Crippen molar-refractivity contribution in [2.45, 2.75) is 116 Å². The van der Waals surface area contributed by atoms with E-state index < -0.39 is 80.2 Å². The van der Waals surface area contributed by atoms with Crippen LogP contribution in [-0.2, 0) is 29.1 Å². The number of nitrogens with zero attached hydrogens (tertiary/aromatic N) is 1. The van der Waals surface area contributed by atoms with Gasteiger partial charge in [-0.05, 0) is 80.7 Å². The summed E-state index contributed by atoms with van der Waals surface area (Å²) in [7, 11) is -3.88. The minimum Gasteiger partial charge on any atom is -0.444 e. The normalized spacial score (nSPS) is 19.4. The van der Waals surface area contributed by atoms with Gasteiger partial charge in [0.15, 0.2) is 0 Å². The van der Waals surface area contributed by atoms with Gasteiger partial charge in [-0.2, -0.15) is 0 Å². The molecule has 2 fully saturated rings. The molecule has 13 nitrogen and oxygen atoms in total. The first kappa shape index (κ1) is 38.6. The van der Waals surface area contributed by atoms with Gasteiger partial charge in [0.25, 0.3) is 11.8 Å². The first-order valence-electron chi connectivity index (χ1n) is 17.1. The van der Waals surface area contributed by atoms with E-state index >= 15 is 0 Å². The van der Waals surface area contributed by atoms with Crippen LogP contribution in [-0.4, -0.2) is 84.6 Å². The third-order valence-corrected chi connectivity index (χ3v) is 10.4. The summed E-state index contributed by atoms with van der Waals surface area (Å²) in [5, 5.41) is 9.53. The molecule has 4 rings (SSSR count). The van der Waals surface area contributed by atoms with Crippen molar-refractivity contribution in [1.82, 2.24) is 25.6 Å². The number of likely N-dealkylation sites (tertiary alicyclic amines) is 1. The number of alkyl carbamates (subject to hydrolysis) is 1. The van der Waals surface area contributed by atoms with E-state index in [9.17, 15) is 32.4 Å². The standard InChI is InChI=1S/C36H51N5O8S/c1-21(2)17-27(31(43)40-50(47,48)26-15-16-26)38-32(44)28-19-25(37-30(42)24-14-13-22-11-9-10-12-23(22)18-24)20-41(28)33(45)29(35(3,4)5)39-34(46)49-36(6,7)8/h9-14,18,21,25-29H,15-17,19-20H2,1-8H3,(H,37,42)(H,38,44)(H,39,46)(H,40,43)/t25-,27-,28-,29+/m0/s1. The van der Waals surface area contributed by atoms with Crippen molar-refractivity contribution in [2.75, 3.05) is 6.54 Å². The fourth-order valence-corrected chi connectivity index (χ4v) is 7.26. The average molecular weight is 714 g/mol. The number of carbonyl (C=O) groups is 5. The minimum absolute atomic E-state index is 0.0105. The van der Waals surface area contributed by atoms with E-state index in [0.717, 1.165) is 10.8 Å². The van der Waals surface area contributed by atoms with Crippen LogP contribution in [0.1, 0.15) is 91.4 Å². The van der Waals surface area contributed by atoms with Crippen molar-refractivity contribution in [3.8, 4) is 0 Å². The molecular weight excluding hydrogens is 662 g/mol. The molecule has 1 saturated carbocycles. The lowest BCUT2D eigenvalue weighted by molar-refractivity contribution is -0.142. The van der Waals surface area contributed by atoms with Crippen LogP contribution in [0, 0.1) is 11.3 Å². The van der Waals surface area contributed by atoms with Crippen molar-refractivity contribution in [1.29, 1.82) is 0 Å². The Balaban J connectivity index is 1.61. The molecule has 1 aliphatic heterocycles. The maximum Gasteiger partial charge on any atom is 0.408 e. The minimum atomic E-state index is -3.88. The molecule has 14 heteroatoms. The lowest BCUT2D eigenvalue weighted by Gasteiger charge is -2.36. The van der Waals surface area contributed by atoms with Gasteiger partial charge in [-0.15, -0.1) is 0 Å². The van der Waals surface area contributed by atoms with Gasteiger partial charge >= 0.3 is 6.09 Å². The highest BCUT2D eigenvalue weighted by Gasteiger charge is 2.46. The molecule has 2 aliphatic rings. The molecule has 4 atom stereocenters. The molecule has 0 unspecified atom stereocenters. The lowest BCUT2D eigenvalue weighted by atomic mass is 9.85. The second-order valence-electron chi connectivity index (χ2n) is 15.8. The van der Waals surface area contributed by atoms with Crippen LogP contribution in [0.2, 0.25) is 0 Å². The molecule has 1 aliphatic carbocycles. The van der Waals surface area contributed by atoms with Crippen LogP contribution in [0.25, 0.3) is 10.8 Å². The molecule has 2 aromatic carbocycles. The molecule has 2 aromatic rings. The predicted molar refractivity (Wildman–Crippen MR) is 189 cm³/mol. The van der Waals surface area contributed by atoms with Crippen molar-refractivity contribution in [3.05, 3.63) is 48.0 Å². The summed E-state index contributed by atoms with van der Waals surface area (Å²) in [4.78, 5) is 69.2. The summed E-state index contributed by atoms with van der Waals surface area (Å²) in [6.07, 6.45) is 0.267. The molecule has 5 amide bonds. The van der Waals surface area contributed by atoms with Gasteiger partial charge in [0.1, 0.15) is 23.7 Å². The van der Waals surface area contributed by atoms with Gasteiger partial charge in [-0.1, -0.05) is 65.0 Å². The van der Waals surface area contributed by atoms with Gasteiger partial charge in [0.05, 0.1) is 5.25 Å². The number of hydrogen-bond acceptors (Lipinski definition) is 8. The molecule has 1 heterocycles. The molecule has 0 spiro atoms. The summed E-state index contributed by atoms with van der Waals surface area (Å²) in [5.41, 5.74) is -1.25. The molecular formula is C36H51N5O8S. The third kappa shape index (κ3) is 10.2. The SMILES string of the molecule is CC(C)C[C@H](NC(=O)[C@@H]1C[C@H](NC(=O)c2ccc3ccccc3c2)CN1C(=O)[C@@H](NC(=O)OC(C)(C)C)C(C)(C)C)C(=O)NS(=O)(=O)C1CC1. The summed E-state index contributed by atoms with van der Waals surface area (Å²) >= 11 is 0. The number of hydrogen-bond donors (Lipinski definition) is 4. The van der Waals surface area contributed by atoms with E-state index in [1.54, 1.807) is 53.7 Å². The van der Waals surface area contributed by atoms with E-state index in [1.165, 1.54) is 4.90 Å². The Morgan fingerprint density at radius 2 is 1.56 bits per heavy atom. The number of fused-ring (bicyclic) bond motifs is 1. The van der Waals surface area contributed by atoms with Crippen LogP contribution in [0.15, 0.2) is 42.5 Å². The number of sulfonamides is 1. The number of benzene rings is 2. The van der Waals surface area contributed by atoms with E-state index in [0.29, 0.717) is 18.4 Å². The summed E-state index contributed by atoms with van der Waals surface area (Å²) < 4.78 is 32.7. The highest BCUT2D eigenvalue weighted by atomic mass is 32.2. The van der Waals surface area contributed by atoms with Crippen LogP contribution < -0.4 is 20.7 Å². The Kier molecular flexibility index (Phi) is 11.5. The zero-order chi connectivity index (χ0) is 37.2. The number of nitrogens with one attached hydrogen (secondary N) is 4.